The van der Waals surface area contributed by atoms with Crippen molar-refractivity contribution in [3.63, 3.8) is 0 Å². The summed E-state index contributed by atoms with van der Waals surface area (Å²) in [4.78, 5) is 10.1. The van der Waals surface area contributed by atoms with E-state index in [1.54, 1.807) is 17.5 Å². The van der Waals surface area contributed by atoms with E-state index in [1.165, 1.54) is 4.88 Å². The number of aryl methyl sites for hydroxylation is 1. The van der Waals surface area contributed by atoms with Gasteiger partial charge in [-0.1, -0.05) is 6.07 Å². The number of thiazole rings is 1. The van der Waals surface area contributed by atoms with Gasteiger partial charge in [0.25, 0.3) is 0 Å². The third-order valence-corrected chi connectivity index (χ3v) is 3.57. The number of rotatable bonds is 3. The van der Waals surface area contributed by atoms with E-state index < -0.39 is 0 Å². The molecule has 90 valence electrons. The van der Waals surface area contributed by atoms with Gasteiger partial charge in [-0.2, -0.15) is 0 Å². The Labute approximate surface area is 106 Å². The first kappa shape index (κ1) is 12.2. The highest BCUT2D eigenvalue weighted by molar-refractivity contribution is 7.15. The van der Waals surface area contributed by atoms with E-state index in [0.717, 1.165) is 22.8 Å². The number of hydrogen-bond acceptors (Lipinski definition) is 4. The number of nitrogens with zero attached hydrogens (tertiary/aromatic N) is 2. The summed E-state index contributed by atoms with van der Waals surface area (Å²) in [6, 6.07) is 5.87. The number of nitrogens with two attached hydrogens (primary N) is 1. The maximum atomic E-state index is 6.05. The van der Waals surface area contributed by atoms with Crippen molar-refractivity contribution in [2.24, 2.45) is 5.73 Å². The second-order valence-corrected chi connectivity index (χ2v) is 5.99. The highest BCUT2D eigenvalue weighted by Gasteiger charge is 2.17. The average Bonchev–Trinajstić information content (AvgIpc) is 2.59. The maximum Gasteiger partial charge on any atom is 0.142 e. The molecule has 2 aromatic heterocycles. The van der Waals surface area contributed by atoms with Crippen LogP contribution in [0.4, 0.5) is 0 Å². The van der Waals surface area contributed by atoms with Gasteiger partial charge in [-0.15, -0.1) is 11.3 Å². The van der Waals surface area contributed by atoms with Crippen LogP contribution in [0.2, 0.25) is 0 Å². The summed E-state index contributed by atoms with van der Waals surface area (Å²) in [5.41, 5.74) is 7.85. The third kappa shape index (κ3) is 3.11. The van der Waals surface area contributed by atoms with Gasteiger partial charge in [0.05, 0.1) is 11.4 Å². The molecule has 0 aliphatic heterocycles. The summed E-state index contributed by atoms with van der Waals surface area (Å²) < 4.78 is 0. The number of aromatic nitrogens is 2. The average molecular weight is 247 g/mol. The summed E-state index contributed by atoms with van der Waals surface area (Å²) in [6.45, 7) is 6.10. The zero-order chi connectivity index (χ0) is 12.5. The summed E-state index contributed by atoms with van der Waals surface area (Å²) in [5.74, 6) is 0. The van der Waals surface area contributed by atoms with Gasteiger partial charge in [-0.25, -0.2) is 4.98 Å². The summed E-state index contributed by atoms with van der Waals surface area (Å²) in [7, 11) is 0. The molecule has 0 amide bonds. The van der Waals surface area contributed by atoms with Crippen LogP contribution < -0.4 is 5.73 Å². The molecule has 2 heterocycles. The van der Waals surface area contributed by atoms with Gasteiger partial charge in [0, 0.05) is 23.0 Å². The Morgan fingerprint density at radius 3 is 2.71 bits per heavy atom. The molecule has 2 N–H and O–H groups in total. The lowest BCUT2D eigenvalue weighted by Crippen LogP contribution is -2.34. The van der Waals surface area contributed by atoms with Crippen LogP contribution in [0.25, 0.3) is 10.7 Å². The van der Waals surface area contributed by atoms with E-state index >= 15 is 0 Å². The molecule has 0 fully saturated rings. The molecule has 0 spiro atoms. The van der Waals surface area contributed by atoms with E-state index in [9.17, 15) is 0 Å². The van der Waals surface area contributed by atoms with Crippen molar-refractivity contribution in [2.45, 2.75) is 32.7 Å². The normalized spacial score (nSPS) is 11.8. The first-order valence-electron chi connectivity index (χ1n) is 5.62. The van der Waals surface area contributed by atoms with Crippen molar-refractivity contribution in [3.8, 4) is 10.7 Å². The van der Waals surface area contributed by atoms with Crippen LogP contribution in [-0.2, 0) is 6.42 Å². The Kier molecular flexibility index (Phi) is 3.26. The minimum absolute atomic E-state index is 0.196. The Hall–Kier alpha value is -1.26. The summed E-state index contributed by atoms with van der Waals surface area (Å²) in [6.07, 6.45) is 2.64. The predicted octanol–water partition coefficient (Wildman–Crippen LogP) is 2.79. The van der Waals surface area contributed by atoms with Crippen LogP contribution in [0.1, 0.15) is 24.4 Å². The fourth-order valence-electron chi connectivity index (χ4n) is 1.60. The fourth-order valence-corrected chi connectivity index (χ4v) is 2.88. The summed E-state index contributed by atoms with van der Waals surface area (Å²) in [5, 5.41) is 0.974. The topological polar surface area (TPSA) is 51.8 Å². The Balaban J connectivity index is 2.31. The molecule has 2 rings (SSSR count). The minimum atomic E-state index is -0.196. The first-order valence-corrected chi connectivity index (χ1v) is 6.44. The van der Waals surface area contributed by atoms with Crippen LogP contribution in [0, 0.1) is 6.92 Å². The van der Waals surface area contributed by atoms with E-state index in [4.69, 9.17) is 5.73 Å². The SMILES string of the molecule is Cc1nc(-c2ccccn2)sc1CC(C)(C)N. The first-order chi connectivity index (χ1) is 7.96. The molecule has 0 radical (unpaired) electrons. The number of pyridine rings is 1. The molecule has 3 nitrogen and oxygen atoms in total. The molecule has 0 unspecified atom stereocenters. The van der Waals surface area contributed by atoms with E-state index in [0.29, 0.717) is 0 Å². The molecule has 0 bridgehead atoms. The minimum Gasteiger partial charge on any atom is -0.325 e. The van der Waals surface area contributed by atoms with E-state index in [2.05, 4.69) is 9.97 Å². The van der Waals surface area contributed by atoms with Gasteiger partial charge >= 0.3 is 0 Å². The Morgan fingerprint density at radius 1 is 1.35 bits per heavy atom. The van der Waals surface area contributed by atoms with Crippen molar-refractivity contribution in [2.75, 3.05) is 0 Å². The van der Waals surface area contributed by atoms with Gasteiger partial charge in [-0.05, 0) is 32.9 Å². The molecular weight excluding hydrogens is 230 g/mol. The highest BCUT2D eigenvalue weighted by atomic mass is 32.1. The van der Waals surface area contributed by atoms with E-state index in [-0.39, 0.29) is 5.54 Å². The fraction of sp³-hybridized carbons (Fsp3) is 0.385. The second kappa shape index (κ2) is 4.55. The smallest absolute Gasteiger partial charge is 0.142 e. The largest absolute Gasteiger partial charge is 0.325 e. The monoisotopic (exact) mass is 247 g/mol. The standard InChI is InChI=1S/C13H17N3S/c1-9-11(8-13(2,3)14)17-12(16-9)10-6-4-5-7-15-10/h4-7H,8,14H2,1-3H3. The van der Waals surface area contributed by atoms with Crippen molar-refractivity contribution >= 4 is 11.3 Å². The van der Waals surface area contributed by atoms with Crippen LogP contribution in [0.3, 0.4) is 0 Å². The van der Waals surface area contributed by atoms with Crippen molar-refractivity contribution < 1.29 is 0 Å². The highest BCUT2D eigenvalue weighted by Crippen LogP contribution is 2.28. The number of hydrogen-bond donors (Lipinski definition) is 1. The molecule has 0 saturated heterocycles. The predicted molar refractivity (Wildman–Crippen MR) is 72.1 cm³/mol. The molecule has 0 saturated carbocycles. The Morgan fingerprint density at radius 2 is 2.12 bits per heavy atom. The maximum absolute atomic E-state index is 6.05. The zero-order valence-corrected chi connectivity index (χ0v) is 11.2. The summed E-state index contributed by atoms with van der Waals surface area (Å²) >= 11 is 1.69. The molecule has 0 aliphatic carbocycles. The van der Waals surface area contributed by atoms with E-state index in [1.807, 2.05) is 39.0 Å². The van der Waals surface area contributed by atoms with Crippen LogP contribution in [0.15, 0.2) is 24.4 Å². The third-order valence-electron chi connectivity index (χ3n) is 2.39. The molecule has 2 aromatic rings. The Bertz CT molecular complexity index is 497. The van der Waals surface area contributed by atoms with Gasteiger partial charge < -0.3 is 5.73 Å². The molecule has 4 heteroatoms. The molecule has 0 atom stereocenters. The van der Waals surface area contributed by atoms with Gasteiger partial charge in [0.1, 0.15) is 5.01 Å². The van der Waals surface area contributed by atoms with Crippen molar-refractivity contribution in [1.82, 2.24) is 9.97 Å². The van der Waals surface area contributed by atoms with Crippen LogP contribution >= 0.6 is 11.3 Å². The zero-order valence-electron chi connectivity index (χ0n) is 10.4. The van der Waals surface area contributed by atoms with Gasteiger partial charge in [-0.3, -0.25) is 4.98 Å². The lowest BCUT2D eigenvalue weighted by molar-refractivity contribution is 0.519. The lowest BCUT2D eigenvalue weighted by atomic mass is 10.0. The molecule has 17 heavy (non-hydrogen) atoms. The molecule has 0 aromatic carbocycles. The van der Waals surface area contributed by atoms with Crippen molar-refractivity contribution in [3.05, 3.63) is 35.0 Å². The lowest BCUT2D eigenvalue weighted by Gasteiger charge is -2.16. The molecule has 0 aliphatic rings. The van der Waals surface area contributed by atoms with Crippen LogP contribution in [0.5, 0.6) is 0 Å². The quantitative estimate of drug-likeness (QED) is 0.907. The van der Waals surface area contributed by atoms with Gasteiger partial charge in [0.2, 0.25) is 0 Å². The second-order valence-electron chi connectivity index (χ2n) is 4.91. The van der Waals surface area contributed by atoms with Crippen molar-refractivity contribution in [1.29, 1.82) is 0 Å². The van der Waals surface area contributed by atoms with Crippen LogP contribution in [-0.4, -0.2) is 15.5 Å². The molecular formula is C13H17N3S. The van der Waals surface area contributed by atoms with Gasteiger partial charge in [0.15, 0.2) is 0 Å².